The number of nitrogens with zero attached hydrogens (tertiary/aromatic N) is 2. The minimum Gasteiger partial charge on any atom is -0.507 e. The van der Waals surface area contributed by atoms with Crippen LogP contribution in [0.25, 0.3) is 11.4 Å². The van der Waals surface area contributed by atoms with Crippen LogP contribution in [0.5, 0.6) is 5.75 Å². The van der Waals surface area contributed by atoms with Gasteiger partial charge < -0.3 is 20.1 Å². The lowest BCUT2D eigenvalue weighted by atomic mass is 10.2. The molecule has 1 aromatic heterocycles. The number of phenolic OH excluding ortho intramolecular Hbond substituents is 1. The average molecular weight is 329 g/mol. The predicted octanol–water partition coefficient (Wildman–Crippen LogP) is 0.875. The molecule has 0 spiro atoms. The molecule has 0 amide bonds. The molecule has 2 heterocycles. The molecule has 0 saturated carbocycles. The molecule has 0 unspecified atom stereocenters. The Hall–Kier alpha value is -2.18. The number of rotatable bonds is 6. The van der Waals surface area contributed by atoms with E-state index in [1.54, 1.807) is 17.0 Å². The van der Waals surface area contributed by atoms with Gasteiger partial charge in [-0.25, -0.2) is 9.97 Å². The van der Waals surface area contributed by atoms with Crippen LogP contribution in [0.1, 0.15) is 12.1 Å². The second kappa shape index (κ2) is 8.08. The summed E-state index contributed by atoms with van der Waals surface area (Å²) in [7, 11) is 0. The molecular formula is C18H25N4O2+. The summed E-state index contributed by atoms with van der Waals surface area (Å²) in [6, 6.07) is 9.08. The summed E-state index contributed by atoms with van der Waals surface area (Å²) in [6.45, 7) is 7.91. The number of aromatic nitrogens is 2. The van der Waals surface area contributed by atoms with Gasteiger partial charge in [-0.1, -0.05) is 12.1 Å². The van der Waals surface area contributed by atoms with Gasteiger partial charge in [0.1, 0.15) is 24.7 Å². The Morgan fingerprint density at radius 2 is 2.00 bits per heavy atom. The number of morpholine rings is 1. The SMILES string of the molecule is Cc1cc(NCCC[NH+]2CCOCC2)nc(-c2ccccc2O)n1. The third-order valence-corrected chi connectivity index (χ3v) is 4.21. The highest BCUT2D eigenvalue weighted by Crippen LogP contribution is 2.26. The van der Waals surface area contributed by atoms with Crippen molar-refractivity contribution in [1.82, 2.24) is 9.97 Å². The lowest BCUT2D eigenvalue weighted by Gasteiger charge is -2.23. The number of anilines is 1. The molecule has 6 nitrogen and oxygen atoms in total. The molecule has 6 heteroatoms. The molecule has 1 aliphatic heterocycles. The van der Waals surface area contributed by atoms with Gasteiger partial charge in [0.2, 0.25) is 0 Å². The maximum absolute atomic E-state index is 9.99. The monoisotopic (exact) mass is 329 g/mol. The first-order chi connectivity index (χ1) is 11.7. The van der Waals surface area contributed by atoms with Crippen molar-refractivity contribution in [2.24, 2.45) is 0 Å². The van der Waals surface area contributed by atoms with Gasteiger partial charge in [-0.15, -0.1) is 0 Å². The van der Waals surface area contributed by atoms with Crippen molar-refractivity contribution in [1.29, 1.82) is 0 Å². The fourth-order valence-corrected chi connectivity index (χ4v) is 2.91. The van der Waals surface area contributed by atoms with Crippen LogP contribution in [-0.4, -0.2) is 54.5 Å². The zero-order valence-electron chi connectivity index (χ0n) is 14.1. The largest absolute Gasteiger partial charge is 0.507 e. The molecule has 24 heavy (non-hydrogen) atoms. The zero-order chi connectivity index (χ0) is 16.8. The fourth-order valence-electron chi connectivity index (χ4n) is 2.91. The fraction of sp³-hybridized carbons (Fsp3) is 0.444. The second-order valence-corrected chi connectivity index (χ2v) is 6.13. The molecule has 0 radical (unpaired) electrons. The van der Waals surface area contributed by atoms with E-state index in [4.69, 9.17) is 4.74 Å². The Kier molecular flexibility index (Phi) is 5.61. The molecule has 2 aromatic rings. The zero-order valence-corrected chi connectivity index (χ0v) is 14.1. The number of quaternary nitrogens is 1. The Bertz CT molecular complexity index is 672. The van der Waals surface area contributed by atoms with Crippen LogP contribution in [0.15, 0.2) is 30.3 Å². The molecule has 3 rings (SSSR count). The van der Waals surface area contributed by atoms with E-state index in [0.29, 0.717) is 11.4 Å². The van der Waals surface area contributed by atoms with E-state index in [-0.39, 0.29) is 5.75 Å². The van der Waals surface area contributed by atoms with E-state index in [0.717, 1.165) is 57.3 Å². The quantitative estimate of drug-likeness (QED) is 0.686. The first-order valence-corrected chi connectivity index (χ1v) is 8.51. The summed E-state index contributed by atoms with van der Waals surface area (Å²) in [6.07, 6.45) is 1.09. The van der Waals surface area contributed by atoms with Crippen LogP contribution >= 0.6 is 0 Å². The van der Waals surface area contributed by atoms with Crippen molar-refractivity contribution in [2.75, 3.05) is 44.7 Å². The summed E-state index contributed by atoms with van der Waals surface area (Å²) in [5.41, 5.74) is 1.53. The number of para-hydroxylation sites is 1. The van der Waals surface area contributed by atoms with Gasteiger partial charge in [0.25, 0.3) is 0 Å². The van der Waals surface area contributed by atoms with Crippen LogP contribution in [0.2, 0.25) is 0 Å². The van der Waals surface area contributed by atoms with Gasteiger partial charge in [0, 0.05) is 24.7 Å². The van der Waals surface area contributed by atoms with E-state index in [2.05, 4.69) is 15.3 Å². The number of hydrogen-bond donors (Lipinski definition) is 3. The first-order valence-electron chi connectivity index (χ1n) is 8.51. The number of nitrogens with one attached hydrogen (secondary N) is 2. The van der Waals surface area contributed by atoms with E-state index in [1.165, 1.54) is 0 Å². The minimum atomic E-state index is 0.199. The number of aromatic hydroxyl groups is 1. The number of ether oxygens (including phenoxy) is 1. The first kappa shape index (κ1) is 16.7. The summed E-state index contributed by atoms with van der Waals surface area (Å²) in [5, 5.41) is 13.4. The van der Waals surface area contributed by atoms with Crippen molar-refractivity contribution in [2.45, 2.75) is 13.3 Å². The molecule has 0 bridgehead atoms. The average Bonchev–Trinajstić information content (AvgIpc) is 2.60. The molecule has 1 aromatic carbocycles. The van der Waals surface area contributed by atoms with Crippen LogP contribution < -0.4 is 10.2 Å². The second-order valence-electron chi connectivity index (χ2n) is 6.13. The molecule has 0 atom stereocenters. The van der Waals surface area contributed by atoms with Crippen LogP contribution in [-0.2, 0) is 4.74 Å². The third kappa shape index (κ3) is 4.43. The van der Waals surface area contributed by atoms with Gasteiger partial charge >= 0.3 is 0 Å². The maximum atomic E-state index is 9.99. The molecule has 128 valence electrons. The number of phenols is 1. The Balaban J connectivity index is 1.59. The molecule has 1 aliphatic rings. The molecule has 1 saturated heterocycles. The Morgan fingerprint density at radius 1 is 1.21 bits per heavy atom. The summed E-state index contributed by atoms with van der Waals surface area (Å²) < 4.78 is 5.38. The van der Waals surface area contributed by atoms with Gasteiger partial charge in [-0.3, -0.25) is 0 Å². The van der Waals surface area contributed by atoms with Crippen molar-refractivity contribution in [3.05, 3.63) is 36.0 Å². The standard InChI is InChI=1S/C18H24N4O2/c1-14-13-17(19-7-4-8-22-9-11-24-12-10-22)21-18(20-14)15-5-2-3-6-16(15)23/h2-3,5-6,13,23H,4,7-12H2,1H3,(H,19,20,21)/p+1. The van der Waals surface area contributed by atoms with Crippen molar-refractivity contribution in [3.63, 3.8) is 0 Å². The highest BCUT2D eigenvalue weighted by molar-refractivity contribution is 5.64. The highest BCUT2D eigenvalue weighted by Gasteiger charge is 2.13. The van der Waals surface area contributed by atoms with E-state index < -0.39 is 0 Å². The van der Waals surface area contributed by atoms with Crippen molar-refractivity contribution < 1.29 is 14.7 Å². The van der Waals surface area contributed by atoms with Crippen LogP contribution in [0.3, 0.4) is 0 Å². The minimum absolute atomic E-state index is 0.199. The lowest BCUT2D eigenvalue weighted by molar-refractivity contribution is -0.908. The molecule has 0 aliphatic carbocycles. The normalized spacial score (nSPS) is 15.4. The molecule has 1 fully saturated rings. The van der Waals surface area contributed by atoms with Gasteiger partial charge in [0.15, 0.2) is 5.82 Å². The van der Waals surface area contributed by atoms with Crippen LogP contribution in [0, 0.1) is 6.92 Å². The predicted molar refractivity (Wildman–Crippen MR) is 93.4 cm³/mol. The van der Waals surface area contributed by atoms with Gasteiger partial charge in [-0.2, -0.15) is 0 Å². The van der Waals surface area contributed by atoms with E-state index in [9.17, 15) is 5.11 Å². The smallest absolute Gasteiger partial charge is 0.165 e. The number of benzene rings is 1. The van der Waals surface area contributed by atoms with Gasteiger partial charge in [0.05, 0.1) is 25.3 Å². The number of hydrogen-bond acceptors (Lipinski definition) is 5. The molecular weight excluding hydrogens is 304 g/mol. The summed E-state index contributed by atoms with van der Waals surface area (Å²) >= 11 is 0. The van der Waals surface area contributed by atoms with Crippen LogP contribution in [0.4, 0.5) is 5.82 Å². The third-order valence-electron chi connectivity index (χ3n) is 4.21. The summed E-state index contributed by atoms with van der Waals surface area (Å²) in [5.74, 6) is 1.55. The molecule has 3 N–H and O–H groups in total. The Labute approximate surface area is 142 Å². The lowest BCUT2D eigenvalue weighted by Crippen LogP contribution is -3.14. The highest BCUT2D eigenvalue weighted by atomic mass is 16.5. The van der Waals surface area contributed by atoms with Crippen molar-refractivity contribution >= 4 is 5.82 Å². The summed E-state index contributed by atoms with van der Waals surface area (Å²) in [4.78, 5) is 10.6. The van der Waals surface area contributed by atoms with E-state index >= 15 is 0 Å². The number of aryl methyl sites for hydroxylation is 1. The van der Waals surface area contributed by atoms with Crippen molar-refractivity contribution in [3.8, 4) is 17.1 Å². The van der Waals surface area contributed by atoms with Gasteiger partial charge in [-0.05, 0) is 19.1 Å². The maximum Gasteiger partial charge on any atom is 0.165 e. The topological polar surface area (TPSA) is 71.7 Å². The van der Waals surface area contributed by atoms with E-state index in [1.807, 2.05) is 25.1 Å². The Morgan fingerprint density at radius 3 is 2.79 bits per heavy atom.